The maximum Gasteiger partial charge on any atom is 0.335 e. The number of carbonyl (C=O) groups excluding carboxylic acids is 1. The average molecular weight is 299 g/mol. The molecule has 4 nitrogen and oxygen atoms in total. The highest BCUT2D eigenvalue weighted by molar-refractivity contribution is 8.00. The Labute approximate surface area is 121 Å². The molecule has 6 heteroatoms. The number of thioether (sulfide) groups is 1. The summed E-state index contributed by atoms with van der Waals surface area (Å²) in [5, 5.41) is 11.2. The molecule has 1 aromatic carbocycles. The lowest BCUT2D eigenvalue weighted by Gasteiger charge is -2.23. The Hall–Kier alpha value is -1.56. The third-order valence-electron chi connectivity index (χ3n) is 2.35. The first-order valence-electron chi connectivity index (χ1n) is 6.11. The monoisotopic (exact) mass is 299 g/mol. The van der Waals surface area contributed by atoms with Gasteiger partial charge in [-0.2, -0.15) is 0 Å². The summed E-state index contributed by atoms with van der Waals surface area (Å²) >= 11 is 1.00. The molecule has 110 valence electrons. The maximum absolute atomic E-state index is 13.6. The van der Waals surface area contributed by atoms with Crippen molar-refractivity contribution in [3.8, 4) is 0 Å². The van der Waals surface area contributed by atoms with Crippen molar-refractivity contribution in [1.29, 1.82) is 0 Å². The second-order valence-electron chi connectivity index (χ2n) is 5.45. The largest absolute Gasteiger partial charge is 0.478 e. The fourth-order valence-corrected chi connectivity index (χ4v) is 2.36. The first-order valence-corrected chi connectivity index (χ1v) is 6.99. The smallest absolute Gasteiger partial charge is 0.335 e. The van der Waals surface area contributed by atoms with Crippen molar-refractivity contribution in [2.75, 3.05) is 0 Å². The van der Waals surface area contributed by atoms with Gasteiger partial charge in [-0.3, -0.25) is 4.79 Å². The number of hydrogen-bond donors (Lipinski definition) is 2. The molecule has 0 bridgehead atoms. The van der Waals surface area contributed by atoms with Crippen molar-refractivity contribution in [2.24, 2.45) is 0 Å². The lowest BCUT2D eigenvalue weighted by molar-refractivity contribution is -0.121. The minimum absolute atomic E-state index is 0.00247. The van der Waals surface area contributed by atoms with Gasteiger partial charge in [0.2, 0.25) is 5.91 Å². The first kappa shape index (κ1) is 16.5. The Kier molecular flexibility index (Phi) is 5.16. The summed E-state index contributed by atoms with van der Waals surface area (Å²) in [6, 6.07) is 3.53. The zero-order valence-corrected chi connectivity index (χ0v) is 12.7. The van der Waals surface area contributed by atoms with Crippen LogP contribution in [-0.4, -0.2) is 27.8 Å². The van der Waals surface area contributed by atoms with E-state index in [1.54, 1.807) is 6.92 Å². The minimum Gasteiger partial charge on any atom is -0.478 e. The van der Waals surface area contributed by atoms with Crippen LogP contribution in [0.5, 0.6) is 0 Å². The summed E-state index contributed by atoms with van der Waals surface area (Å²) in [5.74, 6) is -1.88. The molecule has 0 radical (unpaired) electrons. The molecule has 0 saturated heterocycles. The van der Waals surface area contributed by atoms with E-state index in [1.165, 1.54) is 12.1 Å². The van der Waals surface area contributed by atoms with E-state index in [9.17, 15) is 14.0 Å². The van der Waals surface area contributed by atoms with E-state index in [1.807, 2.05) is 20.8 Å². The number of aromatic carboxylic acids is 1. The Balaban J connectivity index is 2.85. The molecule has 1 aromatic rings. The van der Waals surface area contributed by atoms with Crippen LogP contribution in [0.2, 0.25) is 0 Å². The molecule has 0 saturated carbocycles. The second-order valence-corrected chi connectivity index (χ2v) is 6.83. The standard InChI is InChI=1S/C14H18FNO3S/c1-8(12(17)16-14(2,3)4)20-11-7-9(13(18)19)5-6-10(11)15/h5-8H,1-4H3,(H,16,17)(H,18,19). The Morgan fingerprint density at radius 2 is 1.95 bits per heavy atom. The summed E-state index contributed by atoms with van der Waals surface area (Å²) in [6.45, 7) is 7.22. The molecule has 0 fully saturated rings. The van der Waals surface area contributed by atoms with Gasteiger partial charge in [-0.05, 0) is 45.9 Å². The minimum atomic E-state index is -1.13. The van der Waals surface area contributed by atoms with Crippen molar-refractivity contribution in [1.82, 2.24) is 5.32 Å². The number of carboxylic acid groups (broad SMARTS) is 1. The van der Waals surface area contributed by atoms with Crippen molar-refractivity contribution >= 4 is 23.6 Å². The molecule has 0 aliphatic carbocycles. The zero-order chi connectivity index (χ0) is 15.5. The van der Waals surface area contributed by atoms with Crippen LogP contribution < -0.4 is 5.32 Å². The molecular weight excluding hydrogens is 281 g/mol. The molecule has 0 aromatic heterocycles. The van der Waals surface area contributed by atoms with Gasteiger partial charge in [-0.1, -0.05) is 0 Å². The van der Waals surface area contributed by atoms with Gasteiger partial charge in [0.1, 0.15) is 5.82 Å². The quantitative estimate of drug-likeness (QED) is 0.839. The number of rotatable bonds is 4. The lowest BCUT2D eigenvalue weighted by Crippen LogP contribution is -2.44. The van der Waals surface area contributed by atoms with E-state index in [0.717, 1.165) is 17.8 Å². The molecule has 2 N–H and O–H groups in total. The van der Waals surface area contributed by atoms with Crippen molar-refractivity contribution in [3.63, 3.8) is 0 Å². The highest BCUT2D eigenvalue weighted by Crippen LogP contribution is 2.27. The Morgan fingerprint density at radius 1 is 1.35 bits per heavy atom. The molecule has 1 amide bonds. The Morgan fingerprint density at radius 3 is 2.45 bits per heavy atom. The molecular formula is C14H18FNO3S. The van der Waals surface area contributed by atoms with E-state index in [4.69, 9.17) is 5.11 Å². The third kappa shape index (κ3) is 4.85. The molecule has 1 atom stereocenters. The highest BCUT2D eigenvalue weighted by Gasteiger charge is 2.21. The van der Waals surface area contributed by atoms with Gasteiger partial charge in [-0.15, -0.1) is 11.8 Å². The summed E-state index contributed by atoms with van der Waals surface area (Å²) in [5.41, 5.74) is -0.370. The van der Waals surface area contributed by atoms with Crippen LogP contribution in [0.4, 0.5) is 4.39 Å². The molecule has 0 spiro atoms. The van der Waals surface area contributed by atoms with Crippen LogP contribution in [0.1, 0.15) is 38.1 Å². The predicted octanol–water partition coefficient (Wildman–Crippen LogP) is 2.92. The van der Waals surface area contributed by atoms with Crippen molar-refractivity contribution < 1.29 is 19.1 Å². The van der Waals surface area contributed by atoms with Crippen LogP contribution in [0.15, 0.2) is 23.1 Å². The molecule has 0 aliphatic rings. The average Bonchev–Trinajstić information content (AvgIpc) is 2.29. The second kappa shape index (κ2) is 6.26. The van der Waals surface area contributed by atoms with Crippen LogP contribution in [-0.2, 0) is 4.79 Å². The van der Waals surface area contributed by atoms with Crippen LogP contribution in [0, 0.1) is 5.82 Å². The summed E-state index contributed by atoms with van der Waals surface area (Å²) in [7, 11) is 0. The Bertz CT molecular complexity index is 526. The van der Waals surface area contributed by atoms with Gasteiger partial charge in [-0.25, -0.2) is 9.18 Å². The number of carbonyl (C=O) groups is 2. The van der Waals surface area contributed by atoms with Crippen LogP contribution in [0.3, 0.4) is 0 Å². The van der Waals surface area contributed by atoms with Crippen molar-refractivity contribution in [3.05, 3.63) is 29.6 Å². The van der Waals surface area contributed by atoms with E-state index in [2.05, 4.69) is 5.32 Å². The zero-order valence-electron chi connectivity index (χ0n) is 11.9. The number of hydrogen-bond acceptors (Lipinski definition) is 3. The summed E-state index contributed by atoms with van der Waals surface area (Å²) in [6.07, 6.45) is 0. The topological polar surface area (TPSA) is 66.4 Å². The number of amides is 1. The van der Waals surface area contributed by atoms with Gasteiger partial charge in [0.25, 0.3) is 0 Å². The van der Waals surface area contributed by atoms with Gasteiger partial charge in [0, 0.05) is 10.4 Å². The van der Waals surface area contributed by atoms with E-state index in [0.29, 0.717) is 0 Å². The molecule has 1 unspecified atom stereocenters. The van der Waals surface area contributed by atoms with Crippen molar-refractivity contribution in [2.45, 2.75) is 43.4 Å². The molecule has 0 heterocycles. The van der Waals surface area contributed by atoms with Gasteiger partial charge in [0.15, 0.2) is 0 Å². The number of nitrogens with one attached hydrogen (secondary N) is 1. The summed E-state index contributed by atoms with van der Waals surface area (Å²) in [4.78, 5) is 22.9. The normalized spacial score (nSPS) is 12.8. The lowest BCUT2D eigenvalue weighted by atomic mass is 10.1. The van der Waals surface area contributed by atoms with Gasteiger partial charge >= 0.3 is 5.97 Å². The number of halogens is 1. The molecule has 20 heavy (non-hydrogen) atoms. The first-order chi connectivity index (χ1) is 9.10. The van der Waals surface area contributed by atoms with E-state index >= 15 is 0 Å². The summed E-state index contributed by atoms with van der Waals surface area (Å²) < 4.78 is 13.6. The van der Waals surface area contributed by atoms with Gasteiger partial charge in [0.05, 0.1) is 10.8 Å². The third-order valence-corrected chi connectivity index (χ3v) is 3.48. The van der Waals surface area contributed by atoms with E-state index < -0.39 is 17.0 Å². The highest BCUT2D eigenvalue weighted by atomic mass is 32.2. The predicted molar refractivity (Wildman–Crippen MR) is 76.6 cm³/mol. The molecule has 1 rings (SSSR count). The van der Waals surface area contributed by atoms with Crippen LogP contribution in [0.25, 0.3) is 0 Å². The SMILES string of the molecule is CC(Sc1cc(C(=O)O)ccc1F)C(=O)NC(C)(C)C. The molecule has 0 aliphatic heterocycles. The number of benzene rings is 1. The van der Waals surface area contributed by atoms with Crippen LogP contribution >= 0.6 is 11.8 Å². The fourth-order valence-electron chi connectivity index (χ4n) is 1.44. The maximum atomic E-state index is 13.6. The van der Waals surface area contributed by atoms with Gasteiger partial charge < -0.3 is 10.4 Å². The van der Waals surface area contributed by atoms with E-state index in [-0.39, 0.29) is 21.9 Å². The fraction of sp³-hybridized carbons (Fsp3) is 0.429. The number of carboxylic acids is 1.